The number of alkyl halides is 3. The molecule has 39 heavy (non-hydrogen) atoms. The fourth-order valence-corrected chi connectivity index (χ4v) is 7.04. The molecule has 204 valence electrons. The number of rotatable bonds is 5. The first kappa shape index (κ1) is 26.4. The van der Waals surface area contributed by atoms with Crippen LogP contribution in [0.25, 0.3) is 16.5 Å². The molecule has 2 aromatic carbocycles. The second-order valence-electron chi connectivity index (χ2n) is 10.3. The molecule has 0 unspecified atom stereocenters. The number of nitrogens with zero attached hydrogens (tertiary/aromatic N) is 4. The van der Waals surface area contributed by atoms with Crippen LogP contribution >= 0.6 is 23.4 Å². The van der Waals surface area contributed by atoms with Gasteiger partial charge in [-0.3, -0.25) is 9.89 Å². The van der Waals surface area contributed by atoms with Crippen molar-refractivity contribution in [3.05, 3.63) is 69.2 Å². The zero-order chi connectivity index (χ0) is 27.1. The lowest BCUT2D eigenvalue weighted by atomic mass is 9.93. The zero-order valence-corrected chi connectivity index (χ0v) is 22.7. The van der Waals surface area contributed by atoms with Crippen LogP contribution in [0.5, 0.6) is 0 Å². The summed E-state index contributed by atoms with van der Waals surface area (Å²) in [4.78, 5) is 22.9. The number of amidine groups is 1. The highest BCUT2D eigenvalue weighted by atomic mass is 35.5. The summed E-state index contributed by atoms with van der Waals surface area (Å²) in [6.07, 6.45) is 1.46. The monoisotopic (exact) mass is 573 g/mol. The molecule has 0 radical (unpaired) electrons. The minimum Gasteiger partial charge on any atom is -0.347 e. The lowest BCUT2D eigenvalue weighted by Gasteiger charge is -2.29. The SMILES string of the molecule is O=C1N=C(N2CCC[C@H]2CN2CCCC2)SC1=C(Cc1ccc(Cl)cc1C(F)(F)F)c1ccc2[nH]ncc2c1. The molecule has 1 aromatic heterocycles. The number of likely N-dealkylation sites (tertiary alicyclic amines) is 2. The van der Waals surface area contributed by atoms with E-state index in [9.17, 15) is 18.0 Å². The number of aromatic nitrogens is 2. The summed E-state index contributed by atoms with van der Waals surface area (Å²) in [5.41, 5.74) is 1.22. The van der Waals surface area contributed by atoms with Crippen LogP contribution in [0.4, 0.5) is 13.2 Å². The molecule has 3 aromatic rings. The van der Waals surface area contributed by atoms with Gasteiger partial charge < -0.3 is 9.80 Å². The van der Waals surface area contributed by atoms with E-state index >= 15 is 0 Å². The number of nitrogens with one attached hydrogen (secondary N) is 1. The Labute approximate surface area is 233 Å². The highest BCUT2D eigenvalue weighted by molar-refractivity contribution is 8.18. The highest BCUT2D eigenvalue weighted by Gasteiger charge is 2.37. The molecule has 0 bridgehead atoms. The molecule has 2 fully saturated rings. The lowest BCUT2D eigenvalue weighted by Crippen LogP contribution is -2.41. The zero-order valence-electron chi connectivity index (χ0n) is 21.1. The maximum atomic E-state index is 14.0. The van der Waals surface area contributed by atoms with Gasteiger partial charge in [-0.2, -0.15) is 23.3 Å². The molecular formula is C28H27ClF3N5OS. The average molecular weight is 574 g/mol. The van der Waals surface area contributed by atoms with E-state index in [2.05, 4.69) is 25.0 Å². The molecule has 2 saturated heterocycles. The minimum absolute atomic E-state index is 0.00936. The van der Waals surface area contributed by atoms with E-state index in [0.29, 0.717) is 21.2 Å². The first-order valence-corrected chi connectivity index (χ1v) is 14.3. The first-order valence-electron chi connectivity index (χ1n) is 13.1. The van der Waals surface area contributed by atoms with Crippen molar-refractivity contribution < 1.29 is 18.0 Å². The van der Waals surface area contributed by atoms with E-state index in [1.54, 1.807) is 6.20 Å². The summed E-state index contributed by atoms with van der Waals surface area (Å²) in [7, 11) is 0. The summed E-state index contributed by atoms with van der Waals surface area (Å²) in [6, 6.07) is 9.54. The van der Waals surface area contributed by atoms with Crippen molar-refractivity contribution in [3.63, 3.8) is 0 Å². The van der Waals surface area contributed by atoms with Crippen molar-refractivity contribution in [1.29, 1.82) is 0 Å². The highest BCUT2D eigenvalue weighted by Crippen LogP contribution is 2.41. The minimum atomic E-state index is -4.59. The normalized spacial score (nSPS) is 21.8. The number of H-pyrrole nitrogens is 1. The number of allylic oxidation sites excluding steroid dienone is 1. The Bertz CT molecular complexity index is 1480. The van der Waals surface area contributed by atoms with Gasteiger partial charge in [0, 0.05) is 29.5 Å². The third-order valence-corrected chi connectivity index (χ3v) is 9.05. The van der Waals surface area contributed by atoms with Crippen LogP contribution in [-0.4, -0.2) is 63.3 Å². The number of aromatic amines is 1. The van der Waals surface area contributed by atoms with Crippen LogP contribution in [0.2, 0.25) is 5.02 Å². The van der Waals surface area contributed by atoms with Gasteiger partial charge in [-0.05, 0) is 97.9 Å². The van der Waals surface area contributed by atoms with E-state index in [4.69, 9.17) is 11.6 Å². The molecular weight excluding hydrogens is 547 g/mol. The number of hydrogen-bond donors (Lipinski definition) is 1. The second-order valence-corrected chi connectivity index (χ2v) is 11.7. The van der Waals surface area contributed by atoms with E-state index in [0.717, 1.165) is 56.0 Å². The van der Waals surface area contributed by atoms with E-state index < -0.39 is 17.6 Å². The Morgan fingerprint density at radius 3 is 2.72 bits per heavy atom. The summed E-state index contributed by atoms with van der Waals surface area (Å²) in [6.45, 7) is 3.95. The molecule has 0 spiro atoms. The molecule has 1 atom stereocenters. The summed E-state index contributed by atoms with van der Waals surface area (Å²) in [5.74, 6) is -0.411. The number of hydrogen-bond acceptors (Lipinski definition) is 5. The summed E-state index contributed by atoms with van der Waals surface area (Å²) < 4.78 is 42.0. The number of thioether (sulfide) groups is 1. The molecule has 0 saturated carbocycles. The van der Waals surface area contributed by atoms with Crippen molar-refractivity contribution in [1.82, 2.24) is 20.0 Å². The fourth-order valence-electron chi connectivity index (χ4n) is 5.75. The van der Waals surface area contributed by atoms with Gasteiger partial charge in [0.15, 0.2) is 5.17 Å². The molecule has 1 amide bonds. The number of amides is 1. The van der Waals surface area contributed by atoms with Crippen LogP contribution in [0.15, 0.2) is 52.5 Å². The number of carbonyl (C=O) groups is 1. The molecule has 6 rings (SSSR count). The Balaban J connectivity index is 1.37. The van der Waals surface area contributed by atoms with Gasteiger partial charge in [0.1, 0.15) is 0 Å². The van der Waals surface area contributed by atoms with Crippen molar-refractivity contribution in [2.45, 2.75) is 44.3 Å². The predicted octanol–water partition coefficient (Wildman–Crippen LogP) is 6.38. The summed E-state index contributed by atoms with van der Waals surface area (Å²) in [5, 5.41) is 8.41. The lowest BCUT2D eigenvalue weighted by molar-refractivity contribution is -0.138. The van der Waals surface area contributed by atoms with E-state index in [-0.39, 0.29) is 23.0 Å². The average Bonchev–Trinajstić information content (AvgIpc) is 3.71. The molecule has 1 N–H and O–H groups in total. The Kier molecular flexibility index (Phi) is 7.20. The quantitative estimate of drug-likeness (QED) is 0.359. The molecule has 11 heteroatoms. The van der Waals surface area contributed by atoms with Gasteiger partial charge in [0.05, 0.1) is 22.2 Å². The Hall–Kier alpha value is -2.82. The van der Waals surface area contributed by atoms with Crippen LogP contribution in [0.3, 0.4) is 0 Å². The third kappa shape index (κ3) is 5.47. The number of benzene rings is 2. The molecule has 6 nitrogen and oxygen atoms in total. The maximum Gasteiger partial charge on any atom is 0.416 e. The van der Waals surface area contributed by atoms with Gasteiger partial charge in [-0.15, -0.1) is 0 Å². The van der Waals surface area contributed by atoms with Crippen molar-refractivity contribution in [2.24, 2.45) is 4.99 Å². The van der Waals surface area contributed by atoms with Crippen LogP contribution in [-0.2, 0) is 17.4 Å². The third-order valence-electron chi connectivity index (χ3n) is 7.68. The van der Waals surface area contributed by atoms with Gasteiger partial charge in [-0.1, -0.05) is 23.7 Å². The topological polar surface area (TPSA) is 64.6 Å². The second kappa shape index (κ2) is 10.6. The number of halogens is 4. The predicted molar refractivity (Wildman–Crippen MR) is 149 cm³/mol. The Morgan fingerprint density at radius 2 is 1.92 bits per heavy atom. The van der Waals surface area contributed by atoms with Gasteiger partial charge in [-0.25, -0.2) is 0 Å². The van der Waals surface area contributed by atoms with E-state index in [1.165, 1.54) is 36.7 Å². The van der Waals surface area contributed by atoms with Crippen molar-refractivity contribution in [3.8, 4) is 0 Å². The van der Waals surface area contributed by atoms with Crippen molar-refractivity contribution in [2.75, 3.05) is 26.2 Å². The smallest absolute Gasteiger partial charge is 0.347 e. The molecule has 3 aliphatic rings. The number of fused-ring (bicyclic) bond motifs is 1. The number of carbonyl (C=O) groups excluding carboxylic acids is 1. The van der Waals surface area contributed by atoms with Crippen LogP contribution in [0, 0.1) is 0 Å². The van der Waals surface area contributed by atoms with Crippen LogP contribution in [0.1, 0.15) is 42.4 Å². The maximum absolute atomic E-state index is 14.0. The molecule has 3 aliphatic heterocycles. The summed E-state index contributed by atoms with van der Waals surface area (Å²) >= 11 is 7.22. The molecule has 4 heterocycles. The fraction of sp³-hybridized carbons (Fsp3) is 0.393. The van der Waals surface area contributed by atoms with Crippen LogP contribution < -0.4 is 0 Å². The largest absolute Gasteiger partial charge is 0.416 e. The Morgan fingerprint density at radius 1 is 1.10 bits per heavy atom. The van der Waals surface area contributed by atoms with Gasteiger partial charge >= 0.3 is 6.18 Å². The van der Waals surface area contributed by atoms with E-state index in [1.807, 2.05) is 18.2 Å². The molecule has 0 aliphatic carbocycles. The first-order chi connectivity index (χ1) is 18.8. The van der Waals surface area contributed by atoms with Gasteiger partial charge in [0.25, 0.3) is 5.91 Å². The number of aliphatic imine (C=N–C) groups is 1. The van der Waals surface area contributed by atoms with Crippen molar-refractivity contribution >= 4 is 50.9 Å². The van der Waals surface area contributed by atoms with Gasteiger partial charge in [0.2, 0.25) is 0 Å². The standard InChI is InChI=1S/C28H27ClF3N5OS/c29-20-7-5-18(23(14-20)28(30,31)32)13-22(17-6-8-24-19(12-17)15-33-35-24)25-26(38)34-27(39-25)37-11-3-4-21(37)16-36-9-1-2-10-36/h5-8,12,14-15,21H,1-4,9-11,13,16H2,(H,33,35)/t21-/m0/s1.